The molecular weight excluding hydrogens is 544 g/mol. The zero-order valence-corrected chi connectivity index (χ0v) is 21.3. The number of halogens is 6. The third-order valence-electron chi connectivity index (χ3n) is 6.28. The predicted octanol–water partition coefficient (Wildman–Crippen LogP) is 4.40. The Labute approximate surface area is 218 Å². The van der Waals surface area contributed by atoms with Crippen molar-refractivity contribution in [2.75, 3.05) is 33.8 Å². The molecule has 2 N–H and O–H groups in total. The van der Waals surface area contributed by atoms with Crippen molar-refractivity contribution in [3.63, 3.8) is 0 Å². The molecule has 0 aliphatic carbocycles. The molecule has 8 nitrogen and oxygen atoms in total. The lowest BCUT2D eigenvalue weighted by Gasteiger charge is -2.51. The molecule has 0 radical (unpaired) electrons. The molecule has 0 bridgehead atoms. The molecule has 1 fully saturated rings. The number of aromatic nitrogens is 1. The fourth-order valence-electron chi connectivity index (χ4n) is 4.30. The zero-order valence-electron chi connectivity index (χ0n) is 20.5. The van der Waals surface area contributed by atoms with Gasteiger partial charge in [-0.15, -0.1) is 11.3 Å². The van der Waals surface area contributed by atoms with Crippen LogP contribution in [0.2, 0.25) is 0 Å². The van der Waals surface area contributed by atoms with Crippen LogP contribution in [0.4, 0.5) is 26.3 Å². The minimum atomic E-state index is -5.08. The fraction of sp³-hybridized carbons (Fsp3) is 0.522. The first-order chi connectivity index (χ1) is 17.6. The van der Waals surface area contributed by atoms with Gasteiger partial charge in [-0.3, -0.25) is 9.80 Å². The van der Waals surface area contributed by atoms with E-state index in [2.05, 4.69) is 45.4 Å². The van der Waals surface area contributed by atoms with Crippen molar-refractivity contribution in [2.24, 2.45) is 0 Å². The summed E-state index contributed by atoms with van der Waals surface area (Å²) in [6, 6.07) is 6.65. The second-order valence-electron chi connectivity index (χ2n) is 8.53. The number of carbonyl (C=O) groups is 2. The summed E-state index contributed by atoms with van der Waals surface area (Å²) in [5, 5.41) is 17.5. The van der Waals surface area contributed by atoms with Crippen molar-refractivity contribution in [2.45, 2.75) is 43.7 Å². The largest absolute Gasteiger partial charge is 0.497 e. The van der Waals surface area contributed by atoms with Gasteiger partial charge in [-0.05, 0) is 49.6 Å². The number of thiazole rings is 1. The Morgan fingerprint density at radius 3 is 2.05 bits per heavy atom. The van der Waals surface area contributed by atoms with E-state index in [1.807, 2.05) is 6.20 Å². The average Bonchev–Trinajstić information content (AvgIpc) is 3.35. The summed E-state index contributed by atoms with van der Waals surface area (Å²) < 4.78 is 69.0. The van der Waals surface area contributed by atoms with E-state index in [0.717, 1.165) is 38.3 Å². The number of methoxy groups -OCH3 is 1. The molecule has 38 heavy (non-hydrogen) atoms. The summed E-state index contributed by atoms with van der Waals surface area (Å²) in [6.07, 6.45) is -4.77. The van der Waals surface area contributed by atoms with Gasteiger partial charge < -0.3 is 14.9 Å². The van der Waals surface area contributed by atoms with E-state index >= 15 is 0 Å². The minimum absolute atomic E-state index is 0.168. The number of piperidine rings is 1. The Hall–Kier alpha value is -2.91. The maximum atomic E-state index is 10.6. The third kappa shape index (κ3) is 8.30. The number of likely N-dealkylation sites (tertiary alicyclic amines) is 1. The van der Waals surface area contributed by atoms with Crippen LogP contribution in [0.5, 0.6) is 5.75 Å². The Morgan fingerprint density at radius 2 is 1.61 bits per heavy atom. The number of benzene rings is 1. The Kier molecular flexibility index (Phi) is 10.5. The lowest BCUT2D eigenvalue weighted by atomic mass is 9.74. The van der Waals surface area contributed by atoms with Gasteiger partial charge in [0, 0.05) is 36.8 Å². The number of carboxylic acid groups (broad SMARTS) is 2. The van der Waals surface area contributed by atoms with Gasteiger partial charge in [-0.25, -0.2) is 14.6 Å². The van der Waals surface area contributed by atoms with E-state index in [-0.39, 0.29) is 5.54 Å². The van der Waals surface area contributed by atoms with Crippen molar-refractivity contribution in [3.05, 3.63) is 45.9 Å². The molecule has 0 amide bonds. The van der Waals surface area contributed by atoms with Crippen LogP contribution >= 0.6 is 11.3 Å². The van der Waals surface area contributed by atoms with E-state index in [4.69, 9.17) is 24.5 Å². The van der Waals surface area contributed by atoms with Gasteiger partial charge in [0.1, 0.15) is 10.8 Å². The number of alkyl halides is 6. The quantitative estimate of drug-likeness (QED) is 0.523. The number of aliphatic carboxylic acids is 2. The van der Waals surface area contributed by atoms with Crippen LogP contribution in [0.15, 0.2) is 29.8 Å². The Morgan fingerprint density at radius 1 is 1.05 bits per heavy atom. The molecule has 4 rings (SSSR count). The van der Waals surface area contributed by atoms with Gasteiger partial charge in [0.25, 0.3) is 0 Å². The lowest BCUT2D eigenvalue weighted by Crippen LogP contribution is -2.54. The molecule has 1 aromatic heterocycles. The average molecular weight is 572 g/mol. The topological polar surface area (TPSA) is 103 Å². The molecule has 2 aliphatic rings. The summed E-state index contributed by atoms with van der Waals surface area (Å²) >= 11 is 1.76. The molecule has 1 aromatic carbocycles. The highest BCUT2D eigenvalue weighted by molar-refractivity contribution is 7.09. The Balaban J connectivity index is 0.000000301. The highest BCUT2D eigenvalue weighted by Crippen LogP contribution is 2.44. The van der Waals surface area contributed by atoms with E-state index in [0.29, 0.717) is 0 Å². The van der Waals surface area contributed by atoms with Crippen LogP contribution in [-0.4, -0.2) is 83.1 Å². The second kappa shape index (κ2) is 12.8. The van der Waals surface area contributed by atoms with Gasteiger partial charge in [0.05, 0.1) is 13.7 Å². The van der Waals surface area contributed by atoms with Crippen LogP contribution in [-0.2, 0) is 28.1 Å². The molecule has 1 saturated heterocycles. The SMILES string of the molecule is COc1ccc2c(c1)C1(CCN(Cc3nccs3)CC1)N(C)CC2.O=C(O)C(F)(F)F.O=C(O)C(F)(F)F. The van der Waals surface area contributed by atoms with E-state index < -0.39 is 24.3 Å². The normalized spacial score (nSPS) is 17.4. The van der Waals surface area contributed by atoms with Crippen molar-refractivity contribution in [3.8, 4) is 5.75 Å². The first kappa shape index (κ1) is 31.3. The van der Waals surface area contributed by atoms with Crippen LogP contribution in [0.1, 0.15) is 29.0 Å². The van der Waals surface area contributed by atoms with E-state index in [1.54, 1.807) is 18.4 Å². The molecule has 0 atom stereocenters. The number of hydrogen-bond donors (Lipinski definition) is 2. The van der Waals surface area contributed by atoms with E-state index in [9.17, 15) is 26.3 Å². The number of fused-ring (bicyclic) bond motifs is 2. The number of hydrogen-bond acceptors (Lipinski definition) is 7. The third-order valence-corrected chi connectivity index (χ3v) is 7.04. The standard InChI is InChI=1S/C19H25N3OS.2C2HF3O2/c1-21-9-5-15-3-4-16(23-2)13-17(15)19(21)6-10-22(11-7-19)14-18-20-8-12-24-18;2*3-2(4,5)1(6)7/h3-4,8,12-13H,5-7,9-11,14H2,1-2H3;2*(H,6,7). The molecular formula is C23H27F6N3O5S. The highest BCUT2D eigenvalue weighted by Gasteiger charge is 2.43. The molecule has 0 saturated carbocycles. The van der Waals surface area contributed by atoms with Crippen LogP contribution in [0.3, 0.4) is 0 Å². The van der Waals surface area contributed by atoms with Crippen molar-refractivity contribution >= 4 is 23.3 Å². The predicted molar refractivity (Wildman–Crippen MR) is 125 cm³/mol. The maximum absolute atomic E-state index is 10.6. The zero-order chi connectivity index (χ0) is 28.7. The molecule has 0 unspecified atom stereocenters. The van der Waals surface area contributed by atoms with Crippen LogP contribution in [0, 0.1) is 0 Å². The number of likely N-dealkylation sites (N-methyl/N-ethyl adjacent to an activating group) is 1. The fourth-order valence-corrected chi connectivity index (χ4v) is 4.95. The molecule has 2 aliphatic heterocycles. The van der Waals surface area contributed by atoms with E-state index in [1.165, 1.54) is 29.0 Å². The first-order valence-electron chi connectivity index (χ1n) is 11.2. The first-order valence-corrected chi connectivity index (χ1v) is 12.1. The summed E-state index contributed by atoms with van der Waals surface area (Å²) in [7, 11) is 4.05. The summed E-state index contributed by atoms with van der Waals surface area (Å²) in [6.45, 7) is 4.38. The second-order valence-corrected chi connectivity index (χ2v) is 9.51. The number of rotatable bonds is 3. The van der Waals surface area contributed by atoms with Gasteiger partial charge in [0.2, 0.25) is 0 Å². The van der Waals surface area contributed by atoms with Crippen molar-refractivity contribution in [1.29, 1.82) is 0 Å². The molecule has 1 spiro atoms. The van der Waals surface area contributed by atoms with Crippen LogP contribution < -0.4 is 4.74 Å². The molecule has 3 heterocycles. The number of carboxylic acids is 2. The highest BCUT2D eigenvalue weighted by atomic mass is 32.1. The number of nitrogens with zero attached hydrogens (tertiary/aromatic N) is 3. The van der Waals surface area contributed by atoms with Gasteiger partial charge >= 0.3 is 24.3 Å². The Bertz CT molecular complexity index is 1050. The van der Waals surface area contributed by atoms with Crippen molar-refractivity contribution < 1.29 is 50.9 Å². The van der Waals surface area contributed by atoms with Crippen molar-refractivity contribution in [1.82, 2.24) is 14.8 Å². The van der Waals surface area contributed by atoms with Gasteiger partial charge in [-0.1, -0.05) is 6.07 Å². The smallest absolute Gasteiger partial charge is 0.490 e. The van der Waals surface area contributed by atoms with Crippen LogP contribution in [0.25, 0.3) is 0 Å². The summed E-state index contributed by atoms with van der Waals surface area (Å²) in [4.78, 5) is 27.4. The lowest BCUT2D eigenvalue weighted by molar-refractivity contribution is -0.193. The van der Waals surface area contributed by atoms with Gasteiger partial charge in [-0.2, -0.15) is 26.3 Å². The molecule has 2 aromatic rings. The summed E-state index contributed by atoms with van der Waals surface area (Å²) in [5.41, 5.74) is 3.16. The maximum Gasteiger partial charge on any atom is 0.490 e. The monoisotopic (exact) mass is 571 g/mol. The number of ether oxygens (including phenoxy) is 1. The molecule has 15 heteroatoms. The minimum Gasteiger partial charge on any atom is -0.497 e. The molecule has 212 valence electrons. The summed E-state index contributed by atoms with van der Waals surface area (Å²) in [5.74, 6) is -4.53. The van der Waals surface area contributed by atoms with Gasteiger partial charge in [0.15, 0.2) is 0 Å².